The van der Waals surface area contributed by atoms with Crippen LogP contribution in [0.25, 0.3) is 0 Å². The van der Waals surface area contributed by atoms with Gasteiger partial charge in [-0.25, -0.2) is 13.4 Å². The third-order valence-electron chi connectivity index (χ3n) is 4.04. The van der Waals surface area contributed by atoms with Crippen LogP contribution in [-0.2, 0) is 16.6 Å². The number of carbonyl (C=O) groups excluding carboxylic acids is 1. The molecule has 3 aromatic rings. The second-order valence-corrected chi connectivity index (χ2v) is 9.01. The summed E-state index contributed by atoms with van der Waals surface area (Å²) in [6, 6.07) is 9.78. The van der Waals surface area contributed by atoms with Crippen molar-refractivity contribution in [1.29, 1.82) is 0 Å². The molecule has 0 atom stereocenters. The van der Waals surface area contributed by atoms with Crippen molar-refractivity contribution in [1.82, 2.24) is 14.9 Å². The van der Waals surface area contributed by atoms with Gasteiger partial charge in [0.25, 0.3) is 15.9 Å². The summed E-state index contributed by atoms with van der Waals surface area (Å²) in [4.78, 5) is 16.2. The van der Waals surface area contributed by atoms with E-state index < -0.39 is 10.0 Å². The molecule has 0 aliphatic heterocycles. The van der Waals surface area contributed by atoms with Crippen LogP contribution in [0.5, 0.6) is 0 Å². The minimum atomic E-state index is -3.58. The minimum Gasteiger partial charge on any atom is -0.352 e. The molecule has 0 aliphatic carbocycles. The monoisotopic (exact) mass is 404 g/mol. The highest BCUT2D eigenvalue weighted by atomic mass is 32.2. The molecule has 0 radical (unpaired) electrons. The molecule has 3 rings (SSSR count). The lowest BCUT2D eigenvalue weighted by atomic mass is 10.2. The number of carbonyl (C=O) groups is 1. The van der Waals surface area contributed by atoms with E-state index >= 15 is 0 Å². The standard InChI is InChI=1S/C18H20N4O3S2/c1-21(27(24,25)17-4-2-13-26-17)16-7-5-15(6-8-16)18(23)20-9-3-11-22-12-10-19-14-22/h2,4-8,10,12-14H,3,9,11H2,1H3,(H,20,23). The molecule has 9 heteroatoms. The fraction of sp³-hybridized carbons (Fsp3) is 0.222. The Kier molecular flexibility index (Phi) is 5.92. The second kappa shape index (κ2) is 8.36. The number of sulfonamides is 1. The molecule has 1 N–H and O–H groups in total. The maximum absolute atomic E-state index is 12.5. The van der Waals surface area contributed by atoms with Gasteiger partial charge in [-0.2, -0.15) is 0 Å². The van der Waals surface area contributed by atoms with Crippen LogP contribution < -0.4 is 9.62 Å². The van der Waals surface area contributed by atoms with Gasteiger partial charge in [-0.15, -0.1) is 11.3 Å². The first-order valence-corrected chi connectivity index (χ1v) is 10.7. The number of hydrogen-bond acceptors (Lipinski definition) is 5. The number of aromatic nitrogens is 2. The van der Waals surface area contributed by atoms with E-state index in [0.29, 0.717) is 17.8 Å². The molecule has 0 bridgehead atoms. The molecule has 0 saturated carbocycles. The van der Waals surface area contributed by atoms with E-state index in [9.17, 15) is 13.2 Å². The molecular formula is C18H20N4O3S2. The lowest BCUT2D eigenvalue weighted by Gasteiger charge is -2.18. The fourth-order valence-electron chi connectivity index (χ4n) is 2.49. The van der Waals surface area contributed by atoms with Gasteiger partial charge in [0.15, 0.2) is 0 Å². The van der Waals surface area contributed by atoms with Crippen molar-refractivity contribution in [2.75, 3.05) is 17.9 Å². The molecule has 1 amide bonds. The van der Waals surface area contributed by atoms with Crippen molar-refractivity contribution >= 4 is 33.0 Å². The largest absolute Gasteiger partial charge is 0.352 e. The molecule has 0 unspecified atom stereocenters. The maximum atomic E-state index is 12.5. The van der Waals surface area contributed by atoms with Crippen molar-refractivity contribution in [3.05, 3.63) is 66.1 Å². The van der Waals surface area contributed by atoms with Crippen molar-refractivity contribution in [2.24, 2.45) is 0 Å². The van der Waals surface area contributed by atoms with Crippen LogP contribution in [0.3, 0.4) is 0 Å². The second-order valence-electron chi connectivity index (χ2n) is 5.86. The molecule has 0 fully saturated rings. The van der Waals surface area contributed by atoms with E-state index in [4.69, 9.17) is 0 Å². The smallest absolute Gasteiger partial charge is 0.273 e. The predicted octanol–water partition coefficient (Wildman–Crippen LogP) is 2.59. The quantitative estimate of drug-likeness (QED) is 0.585. The summed E-state index contributed by atoms with van der Waals surface area (Å²) in [6.07, 6.45) is 6.13. The zero-order valence-electron chi connectivity index (χ0n) is 14.8. The highest BCUT2D eigenvalue weighted by Gasteiger charge is 2.22. The lowest BCUT2D eigenvalue weighted by Crippen LogP contribution is -2.27. The molecular weight excluding hydrogens is 384 g/mol. The number of imidazole rings is 1. The van der Waals surface area contributed by atoms with Crippen molar-refractivity contribution in [2.45, 2.75) is 17.2 Å². The molecule has 2 aromatic heterocycles. The van der Waals surface area contributed by atoms with Gasteiger partial charge in [0.2, 0.25) is 0 Å². The van der Waals surface area contributed by atoms with Gasteiger partial charge in [0.1, 0.15) is 4.21 Å². The number of anilines is 1. The van der Waals surface area contributed by atoms with Crippen molar-refractivity contribution in [3.8, 4) is 0 Å². The molecule has 27 heavy (non-hydrogen) atoms. The fourth-order valence-corrected chi connectivity index (χ4v) is 4.85. The number of hydrogen-bond donors (Lipinski definition) is 1. The molecule has 0 aliphatic rings. The Morgan fingerprint density at radius 1 is 1.26 bits per heavy atom. The maximum Gasteiger partial charge on any atom is 0.273 e. The van der Waals surface area contributed by atoms with E-state index in [1.807, 2.05) is 10.8 Å². The predicted molar refractivity (Wildman–Crippen MR) is 106 cm³/mol. The van der Waals surface area contributed by atoms with Crippen LogP contribution in [-0.4, -0.2) is 37.5 Å². The Hall–Kier alpha value is -2.65. The first kappa shape index (κ1) is 19.1. The molecule has 7 nitrogen and oxygen atoms in total. The summed E-state index contributed by atoms with van der Waals surface area (Å²) in [5, 5.41) is 4.58. The number of nitrogens with zero attached hydrogens (tertiary/aromatic N) is 3. The average Bonchev–Trinajstić information content (AvgIpc) is 3.38. The molecule has 2 heterocycles. The van der Waals surface area contributed by atoms with Gasteiger partial charge in [0.05, 0.1) is 12.0 Å². The number of benzene rings is 1. The summed E-state index contributed by atoms with van der Waals surface area (Å²) < 4.78 is 28.5. The Morgan fingerprint density at radius 2 is 2.04 bits per heavy atom. The van der Waals surface area contributed by atoms with Crippen LogP contribution in [0.1, 0.15) is 16.8 Å². The van der Waals surface area contributed by atoms with E-state index in [2.05, 4.69) is 10.3 Å². The van der Waals surface area contributed by atoms with Gasteiger partial charge < -0.3 is 9.88 Å². The Bertz CT molecular complexity index is 966. The Morgan fingerprint density at radius 3 is 2.67 bits per heavy atom. The van der Waals surface area contributed by atoms with Crippen molar-refractivity contribution < 1.29 is 13.2 Å². The zero-order chi connectivity index (χ0) is 19.3. The topological polar surface area (TPSA) is 84.3 Å². The van der Waals surface area contributed by atoms with Gasteiger partial charge in [-0.05, 0) is 42.1 Å². The molecule has 1 aromatic carbocycles. The summed E-state index contributed by atoms with van der Waals surface area (Å²) >= 11 is 1.17. The number of rotatable bonds is 8. The number of amides is 1. The normalized spacial score (nSPS) is 11.3. The van der Waals surface area contributed by atoms with Crippen LogP contribution in [0.4, 0.5) is 5.69 Å². The highest BCUT2D eigenvalue weighted by molar-refractivity contribution is 7.94. The zero-order valence-corrected chi connectivity index (χ0v) is 16.4. The van der Waals surface area contributed by atoms with E-state index in [1.165, 1.54) is 22.7 Å². The Labute approximate surface area is 162 Å². The summed E-state index contributed by atoms with van der Waals surface area (Å²) in [7, 11) is -2.08. The van der Waals surface area contributed by atoms with E-state index in [-0.39, 0.29) is 10.1 Å². The van der Waals surface area contributed by atoms with Crippen LogP contribution in [0.15, 0.2) is 64.7 Å². The Balaban J connectivity index is 1.57. The van der Waals surface area contributed by atoms with Crippen LogP contribution in [0, 0.1) is 0 Å². The van der Waals surface area contributed by atoms with Crippen molar-refractivity contribution in [3.63, 3.8) is 0 Å². The molecule has 142 valence electrons. The first-order valence-electron chi connectivity index (χ1n) is 8.35. The number of thiophene rings is 1. The highest BCUT2D eigenvalue weighted by Crippen LogP contribution is 2.25. The lowest BCUT2D eigenvalue weighted by molar-refractivity contribution is 0.0952. The minimum absolute atomic E-state index is 0.184. The number of aryl methyl sites for hydroxylation is 1. The van der Waals surface area contributed by atoms with Gasteiger partial charge in [-0.1, -0.05) is 6.07 Å². The summed E-state index contributed by atoms with van der Waals surface area (Å²) in [5.41, 5.74) is 0.989. The van der Waals surface area contributed by atoms with Gasteiger partial charge in [-0.3, -0.25) is 9.10 Å². The summed E-state index contributed by atoms with van der Waals surface area (Å²) in [5.74, 6) is -0.184. The molecule has 0 saturated heterocycles. The SMILES string of the molecule is CN(c1ccc(C(=O)NCCCn2ccnc2)cc1)S(=O)(=O)c1cccs1. The third kappa shape index (κ3) is 4.55. The van der Waals surface area contributed by atoms with E-state index in [0.717, 1.165) is 13.0 Å². The van der Waals surface area contributed by atoms with Crippen LogP contribution in [0.2, 0.25) is 0 Å². The third-order valence-corrected chi connectivity index (χ3v) is 7.20. The summed E-state index contributed by atoms with van der Waals surface area (Å²) in [6.45, 7) is 1.33. The molecule has 0 spiro atoms. The van der Waals surface area contributed by atoms with Crippen LogP contribution >= 0.6 is 11.3 Å². The first-order chi connectivity index (χ1) is 13.0. The van der Waals surface area contributed by atoms with Gasteiger partial charge in [0, 0.05) is 38.1 Å². The number of nitrogens with one attached hydrogen (secondary N) is 1. The van der Waals surface area contributed by atoms with Gasteiger partial charge >= 0.3 is 0 Å². The average molecular weight is 405 g/mol. The van der Waals surface area contributed by atoms with E-state index in [1.54, 1.807) is 54.3 Å².